The highest BCUT2D eigenvalue weighted by molar-refractivity contribution is 6.25. The van der Waals surface area contributed by atoms with E-state index in [4.69, 9.17) is 5.11 Å². The SMILES string of the molecule is CC1(C)C2C(=O)N(c3ccc(C#CCO)cc3)C(=O)C21. The van der Waals surface area contributed by atoms with Crippen molar-refractivity contribution in [2.24, 2.45) is 17.3 Å². The van der Waals surface area contributed by atoms with Crippen LogP contribution in [0.5, 0.6) is 0 Å². The van der Waals surface area contributed by atoms with Crippen LogP contribution in [0.3, 0.4) is 0 Å². The van der Waals surface area contributed by atoms with E-state index in [1.54, 1.807) is 24.3 Å². The molecule has 2 fully saturated rings. The summed E-state index contributed by atoms with van der Waals surface area (Å²) in [5, 5.41) is 8.64. The van der Waals surface area contributed by atoms with Gasteiger partial charge in [-0.05, 0) is 29.7 Å². The summed E-state index contributed by atoms with van der Waals surface area (Å²) in [6.07, 6.45) is 0. The maximum Gasteiger partial charge on any atom is 0.238 e. The normalized spacial score (nSPS) is 26.1. The molecule has 0 bridgehead atoms. The number of rotatable bonds is 1. The van der Waals surface area contributed by atoms with Gasteiger partial charge in [-0.15, -0.1) is 0 Å². The number of imide groups is 1. The first kappa shape index (κ1) is 12.9. The molecule has 3 rings (SSSR count). The second-order valence-corrected chi connectivity index (χ2v) is 5.80. The zero-order valence-electron chi connectivity index (χ0n) is 11.4. The third-order valence-electron chi connectivity index (χ3n) is 4.24. The van der Waals surface area contributed by atoms with Crippen molar-refractivity contribution in [3.8, 4) is 11.8 Å². The lowest BCUT2D eigenvalue weighted by atomic mass is 10.0. The predicted octanol–water partition coefficient (Wildman–Crippen LogP) is 1.18. The van der Waals surface area contributed by atoms with E-state index >= 15 is 0 Å². The van der Waals surface area contributed by atoms with Gasteiger partial charge in [0.2, 0.25) is 11.8 Å². The number of piperidine rings is 1. The highest BCUT2D eigenvalue weighted by Crippen LogP contribution is 2.63. The Morgan fingerprint density at radius 2 is 1.70 bits per heavy atom. The van der Waals surface area contributed by atoms with Gasteiger partial charge in [-0.3, -0.25) is 14.5 Å². The van der Waals surface area contributed by atoms with Crippen molar-refractivity contribution in [1.29, 1.82) is 0 Å². The van der Waals surface area contributed by atoms with E-state index in [9.17, 15) is 9.59 Å². The van der Waals surface area contributed by atoms with Gasteiger partial charge in [-0.1, -0.05) is 25.7 Å². The van der Waals surface area contributed by atoms with Crippen LogP contribution in [0.15, 0.2) is 24.3 Å². The lowest BCUT2D eigenvalue weighted by Crippen LogP contribution is -2.36. The number of aliphatic hydroxyl groups is 1. The van der Waals surface area contributed by atoms with Crippen molar-refractivity contribution >= 4 is 17.5 Å². The van der Waals surface area contributed by atoms with Gasteiger partial charge in [0.15, 0.2) is 0 Å². The van der Waals surface area contributed by atoms with Crippen LogP contribution in [0.2, 0.25) is 0 Å². The summed E-state index contributed by atoms with van der Waals surface area (Å²) in [4.78, 5) is 25.8. The summed E-state index contributed by atoms with van der Waals surface area (Å²) in [5.74, 6) is 4.81. The van der Waals surface area contributed by atoms with Crippen LogP contribution in [0.1, 0.15) is 19.4 Å². The van der Waals surface area contributed by atoms with Crippen LogP contribution in [0.25, 0.3) is 0 Å². The van der Waals surface area contributed by atoms with Crippen LogP contribution in [0, 0.1) is 29.1 Å². The van der Waals surface area contributed by atoms with E-state index in [2.05, 4.69) is 11.8 Å². The third kappa shape index (κ3) is 1.67. The fourth-order valence-corrected chi connectivity index (χ4v) is 3.04. The molecule has 1 aromatic carbocycles. The van der Waals surface area contributed by atoms with Crippen molar-refractivity contribution < 1.29 is 14.7 Å². The Bertz CT molecular complexity index is 625. The van der Waals surface area contributed by atoms with E-state index < -0.39 is 0 Å². The number of carbonyl (C=O) groups is 2. The van der Waals surface area contributed by atoms with Gasteiger partial charge < -0.3 is 5.11 Å². The Balaban J connectivity index is 1.85. The lowest BCUT2D eigenvalue weighted by Gasteiger charge is -2.20. The highest BCUT2D eigenvalue weighted by atomic mass is 16.2. The van der Waals surface area contributed by atoms with Crippen molar-refractivity contribution in [2.45, 2.75) is 13.8 Å². The Labute approximate surface area is 117 Å². The molecule has 2 atom stereocenters. The standard InChI is InChI=1S/C16H15NO3/c1-16(2)12-13(16)15(20)17(14(12)19)11-7-5-10(6-8-11)4-3-9-18/h5-8,12-13,18H,9H2,1-2H3. The Kier molecular flexibility index (Phi) is 2.70. The van der Waals surface area contributed by atoms with Crippen molar-refractivity contribution in [3.63, 3.8) is 0 Å². The van der Waals surface area contributed by atoms with E-state index in [1.165, 1.54) is 4.90 Å². The molecule has 4 heteroatoms. The molecule has 0 radical (unpaired) electrons. The zero-order chi connectivity index (χ0) is 14.5. The summed E-state index contributed by atoms with van der Waals surface area (Å²) in [5.41, 5.74) is 1.15. The fraction of sp³-hybridized carbons (Fsp3) is 0.375. The number of hydrogen-bond acceptors (Lipinski definition) is 3. The highest BCUT2D eigenvalue weighted by Gasteiger charge is 2.72. The van der Waals surface area contributed by atoms with E-state index in [-0.39, 0.29) is 35.7 Å². The molecule has 1 aliphatic heterocycles. The lowest BCUT2D eigenvalue weighted by molar-refractivity contribution is -0.125. The minimum absolute atomic E-state index is 0.0980. The Morgan fingerprint density at radius 3 is 2.20 bits per heavy atom. The van der Waals surface area contributed by atoms with Crippen molar-refractivity contribution in [2.75, 3.05) is 11.5 Å². The van der Waals surface area contributed by atoms with Crippen molar-refractivity contribution in [3.05, 3.63) is 29.8 Å². The molecular formula is C16H15NO3. The topological polar surface area (TPSA) is 57.6 Å². The first-order valence-electron chi connectivity index (χ1n) is 6.56. The van der Waals surface area contributed by atoms with Crippen LogP contribution in [-0.4, -0.2) is 23.5 Å². The molecule has 2 aliphatic rings. The molecule has 1 saturated heterocycles. The number of anilines is 1. The second-order valence-electron chi connectivity index (χ2n) is 5.80. The summed E-state index contributed by atoms with van der Waals surface area (Å²) in [6.45, 7) is 3.73. The van der Waals surface area contributed by atoms with Gasteiger partial charge in [0, 0.05) is 5.56 Å². The molecule has 1 saturated carbocycles. The summed E-state index contributed by atoms with van der Waals surface area (Å²) in [6, 6.07) is 6.92. The van der Waals surface area contributed by atoms with Gasteiger partial charge in [0.05, 0.1) is 17.5 Å². The smallest absolute Gasteiger partial charge is 0.238 e. The first-order valence-corrected chi connectivity index (χ1v) is 6.56. The van der Waals surface area contributed by atoms with Gasteiger partial charge in [0.25, 0.3) is 0 Å². The molecule has 4 nitrogen and oxygen atoms in total. The minimum atomic E-state index is -0.191. The quantitative estimate of drug-likeness (QED) is 0.615. The number of aliphatic hydroxyl groups excluding tert-OH is 1. The van der Waals surface area contributed by atoms with Gasteiger partial charge in [0.1, 0.15) is 6.61 Å². The first-order chi connectivity index (χ1) is 9.48. The molecule has 102 valence electrons. The van der Waals surface area contributed by atoms with Crippen LogP contribution in [0.4, 0.5) is 5.69 Å². The van der Waals surface area contributed by atoms with Crippen molar-refractivity contribution in [1.82, 2.24) is 0 Å². The molecular weight excluding hydrogens is 254 g/mol. The number of nitrogens with zero attached hydrogens (tertiary/aromatic N) is 1. The Hall–Kier alpha value is -2.12. The van der Waals surface area contributed by atoms with E-state index in [1.807, 2.05) is 13.8 Å². The molecule has 1 aromatic rings. The van der Waals surface area contributed by atoms with E-state index in [0.717, 1.165) is 5.56 Å². The molecule has 0 aromatic heterocycles. The molecule has 0 spiro atoms. The molecule has 2 unspecified atom stereocenters. The number of hydrogen-bond donors (Lipinski definition) is 1. The monoisotopic (exact) mass is 269 g/mol. The summed E-state index contributed by atoms with van der Waals surface area (Å²) in [7, 11) is 0. The fourth-order valence-electron chi connectivity index (χ4n) is 3.04. The summed E-state index contributed by atoms with van der Waals surface area (Å²) >= 11 is 0. The maximum absolute atomic E-state index is 12.3. The Morgan fingerprint density at radius 1 is 1.15 bits per heavy atom. The number of fused-ring (bicyclic) bond motifs is 1. The molecule has 2 amide bonds. The third-order valence-corrected chi connectivity index (χ3v) is 4.24. The number of benzene rings is 1. The summed E-state index contributed by atoms with van der Waals surface area (Å²) < 4.78 is 0. The van der Waals surface area contributed by atoms with Crippen LogP contribution in [-0.2, 0) is 9.59 Å². The molecule has 20 heavy (non-hydrogen) atoms. The average molecular weight is 269 g/mol. The molecule has 1 heterocycles. The molecule has 1 N–H and O–H groups in total. The van der Waals surface area contributed by atoms with Crippen LogP contribution < -0.4 is 4.90 Å². The van der Waals surface area contributed by atoms with Gasteiger partial charge in [-0.2, -0.15) is 0 Å². The minimum Gasteiger partial charge on any atom is -0.384 e. The van der Waals surface area contributed by atoms with Gasteiger partial charge >= 0.3 is 0 Å². The number of amides is 2. The predicted molar refractivity (Wildman–Crippen MR) is 73.7 cm³/mol. The largest absolute Gasteiger partial charge is 0.384 e. The van der Waals surface area contributed by atoms with Crippen LogP contribution >= 0.6 is 0 Å². The molecule has 1 aliphatic carbocycles. The van der Waals surface area contributed by atoms with Gasteiger partial charge in [-0.25, -0.2) is 0 Å². The van der Waals surface area contributed by atoms with E-state index in [0.29, 0.717) is 5.69 Å². The second kappa shape index (κ2) is 4.19. The zero-order valence-corrected chi connectivity index (χ0v) is 11.4. The number of carbonyl (C=O) groups excluding carboxylic acids is 2. The maximum atomic E-state index is 12.3. The average Bonchev–Trinajstić information content (AvgIpc) is 2.88.